The molecular formula is C11H16O2S. The van der Waals surface area contributed by atoms with E-state index in [-0.39, 0.29) is 0 Å². The number of hydrogen-bond donors (Lipinski definition) is 1. The lowest BCUT2D eigenvalue weighted by molar-refractivity contribution is 0.198. The zero-order chi connectivity index (χ0) is 10.2. The summed E-state index contributed by atoms with van der Waals surface area (Å²) in [4.78, 5) is 1.17. The van der Waals surface area contributed by atoms with E-state index in [4.69, 9.17) is 9.84 Å². The lowest BCUT2D eigenvalue weighted by Crippen LogP contribution is -1.74. The summed E-state index contributed by atoms with van der Waals surface area (Å²) in [5, 5.41) is 8.84. The summed E-state index contributed by atoms with van der Waals surface area (Å²) < 4.78 is 4.94. The third kappa shape index (κ3) is 4.53. The number of aromatic hydroxyl groups is 1. The Labute approximate surface area is 89.3 Å². The first-order valence-corrected chi connectivity index (χ1v) is 5.96. The van der Waals surface area contributed by atoms with E-state index in [1.807, 2.05) is 18.4 Å². The van der Waals surface area contributed by atoms with Crippen molar-refractivity contribution >= 4 is 11.8 Å². The van der Waals surface area contributed by atoms with E-state index in [0.717, 1.165) is 13.2 Å². The van der Waals surface area contributed by atoms with Gasteiger partial charge in [-0.1, -0.05) is 0 Å². The second-order valence-corrected chi connectivity index (χ2v) is 3.90. The molecular weight excluding hydrogens is 196 g/mol. The van der Waals surface area contributed by atoms with Crippen LogP contribution < -0.4 is 0 Å². The molecule has 0 amide bonds. The van der Waals surface area contributed by atoms with E-state index in [0.29, 0.717) is 5.75 Å². The first-order chi connectivity index (χ1) is 6.83. The predicted molar refractivity (Wildman–Crippen MR) is 59.9 cm³/mol. The summed E-state index contributed by atoms with van der Waals surface area (Å²) in [6.07, 6.45) is 4.56. The highest BCUT2D eigenvalue weighted by Crippen LogP contribution is 2.17. The van der Waals surface area contributed by atoms with Crippen LogP contribution in [0.15, 0.2) is 29.2 Å². The molecule has 0 spiro atoms. The Kier molecular flexibility index (Phi) is 5.49. The fourth-order valence-electron chi connectivity index (χ4n) is 1.09. The van der Waals surface area contributed by atoms with Crippen LogP contribution in [0.2, 0.25) is 0 Å². The molecule has 0 aromatic heterocycles. The van der Waals surface area contributed by atoms with Crippen LogP contribution in [0, 0.1) is 0 Å². The average molecular weight is 212 g/mol. The molecule has 1 saturated heterocycles. The summed E-state index contributed by atoms with van der Waals surface area (Å²) >= 11 is 1.67. The Morgan fingerprint density at radius 2 is 1.71 bits per heavy atom. The van der Waals surface area contributed by atoms with Gasteiger partial charge in [-0.3, -0.25) is 0 Å². The molecule has 1 aliphatic heterocycles. The molecule has 0 atom stereocenters. The summed E-state index contributed by atoms with van der Waals surface area (Å²) in [5.41, 5.74) is 0. The third-order valence-electron chi connectivity index (χ3n) is 1.90. The highest BCUT2D eigenvalue weighted by molar-refractivity contribution is 7.98. The summed E-state index contributed by atoms with van der Waals surface area (Å²) in [7, 11) is 0. The summed E-state index contributed by atoms with van der Waals surface area (Å²) in [6, 6.07) is 7.15. The number of thioether (sulfide) groups is 1. The van der Waals surface area contributed by atoms with Crippen LogP contribution in [0.25, 0.3) is 0 Å². The van der Waals surface area contributed by atoms with Crippen molar-refractivity contribution in [1.82, 2.24) is 0 Å². The van der Waals surface area contributed by atoms with Crippen LogP contribution >= 0.6 is 11.8 Å². The Balaban J connectivity index is 0.000000165. The first kappa shape index (κ1) is 11.4. The van der Waals surface area contributed by atoms with Crippen molar-refractivity contribution in [3.05, 3.63) is 24.3 Å². The number of benzene rings is 1. The van der Waals surface area contributed by atoms with Crippen LogP contribution in [-0.4, -0.2) is 24.6 Å². The van der Waals surface area contributed by atoms with Gasteiger partial charge in [-0.05, 0) is 43.4 Å². The number of phenolic OH excluding ortho intramolecular Hbond substituents is 1. The van der Waals surface area contributed by atoms with Gasteiger partial charge < -0.3 is 9.84 Å². The second kappa shape index (κ2) is 6.74. The molecule has 0 bridgehead atoms. The monoisotopic (exact) mass is 212 g/mol. The van der Waals surface area contributed by atoms with Crippen molar-refractivity contribution < 1.29 is 9.84 Å². The quantitative estimate of drug-likeness (QED) is 0.726. The maximum absolute atomic E-state index is 8.84. The minimum absolute atomic E-state index is 0.327. The van der Waals surface area contributed by atoms with E-state index in [9.17, 15) is 0 Å². The Hall–Kier alpha value is -0.670. The Morgan fingerprint density at radius 1 is 1.14 bits per heavy atom. The summed E-state index contributed by atoms with van der Waals surface area (Å²) in [6.45, 7) is 2.00. The van der Waals surface area contributed by atoms with Crippen LogP contribution in [0.1, 0.15) is 12.8 Å². The highest BCUT2D eigenvalue weighted by Gasteiger charge is 1.94. The van der Waals surface area contributed by atoms with E-state index in [1.54, 1.807) is 23.9 Å². The second-order valence-electron chi connectivity index (χ2n) is 3.02. The molecule has 3 heteroatoms. The first-order valence-electron chi connectivity index (χ1n) is 4.73. The van der Waals surface area contributed by atoms with Gasteiger partial charge in [-0.15, -0.1) is 11.8 Å². The fraction of sp³-hybridized carbons (Fsp3) is 0.455. The molecule has 1 aromatic carbocycles. The molecule has 14 heavy (non-hydrogen) atoms. The molecule has 2 nitrogen and oxygen atoms in total. The van der Waals surface area contributed by atoms with Gasteiger partial charge >= 0.3 is 0 Å². The van der Waals surface area contributed by atoms with Gasteiger partial charge in [0.2, 0.25) is 0 Å². The number of phenols is 1. The van der Waals surface area contributed by atoms with Crippen molar-refractivity contribution in [1.29, 1.82) is 0 Å². The largest absolute Gasteiger partial charge is 0.508 e. The molecule has 1 N–H and O–H groups in total. The lowest BCUT2D eigenvalue weighted by atomic mass is 10.3. The zero-order valence-electron chi connectivity index (χ0n) is 8.40. The van der Waals surface area contributed by atoms with E-state index < -0.39 is 0 Å². The summed E-state index contributed by atoms with van der Waals surface area (Å²) in [5.74, 6) is 0.327. The molecule has 1 heterocycles. The van der Waals surface area contributed by atoms with Gasteiger partial charge in [0.15, 0.2) is 0 Å². The molecule has 0 aliphatic carbocycles. The lowest BCUT2D eigenvalue weighted by Gasteiger charge is -1.93. The van der Waals surface area contributed by atoms with Gasteiger partial charge in [0.1, 0.15) is 5.75 Å². The molecule has 1 aliphatic rings. The van der Waals surface area contributed by atoms with Gasteiger partial charge in [-0.25, -0.2) is 0 Å². The fourth-order valence-corrected chi connectivity index (χ4v) is 1.50. The average Bonchev–Trinajstić information content (AvgIpc) is 2.77. The van der Waals surface area contributed by atoms with Crippen molar-refractivity contribution in [2.45, 2.75) is 17.7 Å². The third-order valence-corrected chi connectivity index (χ3v) is 2.64. The van der Waals surface area contributed by atoms with Crippen molar-refractivity contribution in [3.63, 3.8) is 0 Å². The van der Waals surface area contributed by atoms with E-state index in [2.05, 4.69) is 0 Å². The Morgan fingerprint density at radius 3 is 2.07 bits per heavy atom. The smallest absolute Gasteiger partial charge is 0.115 e. The minimum Gasteiger partial charge on any atom is -0.508 e. The van der Waals surface area contributed by atoms with E-state index in [1.165, 1.54) is 17.7 Å². The molecule has 0 radical (unpaired) electrons. The molecule has 1 fully saturated rings. The van der Waals surface area contributed by atoms with Crippen molar-refractivity contribution in [3.8, 4) is 5.75 Å². The van der Waals surface area contributed by atoms with Crippen molar-refractivity contribution in [2.24, 2.45) is 0 Å². The maximum atomic E-state index is 8.84. The van der Waals surface area contributed by atoms with Crippen LogP contribution in [0.3, 0.4) is 0 Å². The van der Waals surface area contributed by atoms with Gasteiger partial charge in [0, 0.05) is 18.1 Å². The van der Waals surface area contributed by atoms with Gasteiger partial charge in [-0.2, -0.15) is 0 Å². The minimum atomic E-state index is 0.327. The number of hydrogen-bond acceptors (Lipinski definition) is 3. The predicted octanol–water partition coefficient (Wildman–Crippen LogP) is 2.91. The number of ether oxygens (including phenoxy) is 1. The molecule has 1 aromatic rings. The van der Waals surface area contributed by atoms with Gasteiger partial charge in [0.25, 0.3) is 0 Å². The van der Waals surface area contributed by atoms with Crippen LogP contribution in [-0.2, 0) is 4.74 Å². The zero-order valence-corrected chi connectivity index (χ0v) is 9.22. The topological polar surface area (TPSA) is 29.5 Å². The molecule has 0 saturated carbocycles. The van der Waals surface area contributed by atoms with Gasteiger partial charge in [0.05, 0.1) is 0 Å². The molecule has 78 valence electrons. The maximum Gasteiger partial charge on any atom is 0.115 e. The van der Waals surface area contributed by atoms with Crippen LogP contribution in [0.5, 0.6) is 5.75 Å². The SMILES string of the molecule is C1CCOC1.CSc1ccc(O)cc1. The van der Waals surface area contributed by atoms with Crippen molar-refractivity contribution in [2.75, 3.05) is 19.5 Å². The molecule has 2 rings (SSSR count). The van der Waals surface area contributed by atoms with E-state index >= 15 is 0 Å². The van der Waals surface area contributed by atoms with Crippen LogP contribution in [0.4, 0.5) is 0 Å². The Bertz CT molecular complexity index is 234. The normalized spacial score (nSPS) is 14.6. The standard InChI is InChI=1S/C7H8OS.C4H8O/c1-9-7-4-2-6(8)3-5-7;1-2-4-5-3-1/h2-5,8H,1H3;1-4H2. The highest BCUT2D eigenvalue weighted by atomic mass is 32.2. The number of rotatable bonds is 1. The molecule has 0 unspecified atom stereocenters.